The molecule has 0 amide bonds. The molecule has 0 saturated heterocycles. The van der Waals surface area contributed by atoms with Crippen molar-refractivity contribution in [3.05, 3.63) is 35.4 Å². The van der Waals surface area contributed by atoms with Gasteiger partial charge in [0.2, 0.25) is 0 Å². The Labute approximate surface area is 110 Å². The number of rotatable bonds is 2. The molecule has 3 rings (SSSR count). The molecule has 0 heterocycles. The molecule has 2 aliphatic carbocycles. The molecule has 100 valence electrons. The van der Waals surface area contributed by atoms with Crippen molar-refractivity contribution in [2.45, 2.75) is 31.8 Å². The van der Waals surface area contributed by atoms with Gasteiger partial charge in [-0.15, -0.1) is 0 Å². The maximum absolute atomic E-state index is 13.8. The van der Waals surface area contributed by atoms with Crippen molar-refractivity contribution in [3.8, 4) is 6.07 Å². The molecule has 1 aromatic rings. The first kappa shape index (κ1) is 12.6. The second kappa shape index (κ2) is 4.28. The molecular formula is C15H15F2NO. The normalized spacial score (nSPS) is 34.2. The van der Waals surface area contributed by atoms with Gasteiger partial charge in [-0.05, 0) is 37.2 Å². The lowest BCUT2D eigenvalue weighted by Crippen LogP contribution is -2.33. The fourth-order valence-corrected chi connectivity index (χ4v) is 3.91. The van der Waals surface area contributed by atoms with Crippen LogP contribution in [-0.2, 0) is 0 Å². The molecular weight excluding hydrogens is 248 g/mol. The summed E-state index contributed by atoms with van der Waals surface area (Å²) in [5.41, 5.74) is -1.04. The summed E-state index contributed by atoms with van der Waals surface area (Å²) in [6.45, 7) is 0. The van der Waals surface area contributed by atoms with E-state index in [4.69, 9.17) is 0 Å². The topological polar surface area (TPSA) is 44.0 Å². The Morgan fingerprint density at radius 3 is 2.74 bits per heavy atom. The van der Waals surface area contributed by atoms with Crippen LogP contribution in [-0.4, -0.2) is 5.11 Å². The average molecular weight is 263 g/mol. The molecule has 2 fully saturated rings. The van der Waals surface area contributed by atoms with Crippen LogP contribution in [0.1, 0.15) is 37.4 Å². The smallest absolute Gasteiger partial charge is 0.164 e. The van der Waals surface area contributed by atoms with Crippen molar-refractivity contribution in [3.63, 3.8) is 0 Å². The highest BCUT2D eigenvalue weighted by molar-refractivity contribution is 5.28. The van der Waals surface area contributed by atoms with E-state index in [9.17, 15) is 19.1 Å². The molecule has 0 spiro atoms. The molecule has 1 aromatic carbocycles. The summed E-state index contributed by atoms with van der Waals surface area (Å²) in [6, 6.07) is 5.97. The second-order valence-electron chi connectivity index (χ2n) is 5.78. The van der Waals surface area contributed by atoms with E-state index < -0.39 is 23.2 Å². The van der Waals surface area contributed by atoms with Crippen LogP contribution in [0.5, 0.6) is 0 Å². The number of halogens is 2. The van der Waals surface area contributed by atoms with Gasteiger partial charge in [-0.1, -0.05) is 18.6 Å². The van der Waals surface area contributed by atoms with Crippen molar-refractivity contribution < 1.29 is 13.9 Å². The van der Waals surface area contributed by atoms with E-state index >= 15 is 0 Å². The van der Waals surface area contributed by atoms with Crippen LogP contribution in [0.2, 0.25) is 0 Å². The van der Waals surface area contributed by atoms with Gasteiger partial charge in [-0.2, -0.15) is 5.26 Å². The molecule has 2 bridgehead atoms. The molecule has 4 atom stereocenters. The lowest BCUT2D eigenvalue weighted by Gasteiger charge is -2.35. The van der Waals surface area contributed by atoms with Crippen LogP contribution in [0.4, 0.5) is 8.78 Å². The lowest BCUT2D eigenvalue weighted by atomic mass is 9.68. The van der Waals surface area contributed by atoms with Gasteiger partial charge in [-0.3, -0.25) is 0 Å². The minimum absolute atomic E-state index is 0.0888. The Balaban J connectivity index is 2.01. The van der Waals surface area contributed by atoms with Gasteiger partial charge in [0, 0.05) is 5.56 Å². The number of hydrogen-bond donors (Lipinski definition) is 1. The molecule has 4 unspecified atom stereocenters. The van der Waals surface area contributed by atoms with Crippen molar-refractivity contribution in [2.24, 2.45) is 17.3 Å². The van der Waals surface area contributed by atoms with Crippen LogP contribution in [0.15, 0.2) is 18.2 Å². The van der Waals surface area contributed by atoms with Gasteiger partial charge < -0.3 is 5.11 Å². The van der Waals surface area contributed by atoms with E-state index in [1.54, 1.807) is 0 Å². The Hall–Kier alpha value is -1.47. The maximum Gasteiger partial charge on any atom is 0.164 e. The number of nitriles is 1. The average Bonchev–Trinajstić information content (AvgIpc) is 3.02. The van der Waals surface area contributed by atoms with Crippen LogP contribution in [0.3, 0.4) is 0 Å². The van der Waals surface area contributed by atoms with Gasteiger partial charge in [0.25, 0.3) is 0 Å². The second-order valence-corrected chi connectivity index (χ2v) is 5.78. The minimum atomic E-state index is -1.25. The molecule has 1 N–H and O–H groups in total. The summed E-state index contributed by atoms with van der Waals surface area (Å²) in [4.78, 5) is 0. The van der Waals surface area contributed by atoms with Gasteiger partial charge in [0.1, 0.15) is 6.10 Å². The minimum Gasteiger partial charge on any atom is -0.387 e. The zero-order valence-corrected chi connectivity index (χ0v) is 10.4. The van der Waals surface area contributed by atoms with Crippen molar-refractivity contribution in [1.82, 2.24) is 0 Å². The Bertz CT molecular complexity index is 554. The van der Waals surface area contributed by atoms with Crippen LogP contribution < -0.4 is 0 Å². The summed E-state index contributed by atoms with van der Waals surface area (Å²) in [7, 11) is 0. The highest BCUT2D eigenvalue weighted by Gasteiger charge is 2.56. The fraction of sp³-hybridized carbons (Fsp3) is 0.533. The SMILES string of the molecule is N#CC1(C(O)c2cccc(F)c2F)CC2CCC1C2. The molecule has 2 nitrogen and oxygen atoms in total. The third-order valence-corrected chi connectivity index (χ3v) is 4.87. The molecule has 0 aliphatic heterocycles. The number of aliphatic hydroxyl groups excluding tert-OH is 1. The van der Waals surface area contributed by atoms with Gasteiger partial charge in [0.15, 0.2) is 11.6 Å². The first-order valence-electron chi connectivity index (χ1n) is 6.61. The monoisotopic (exact) mass is 263 g/mol. The molecule has 0 aromatic heterocycles. The first-order chi connectivity index (χ1) is 9.08. The third kappa shape index (κ3) is 1.68. The molecule has 0 radical (unpaired) electrons. The number of aliphatic hydroxyl groups is 1. The lowest BCUT2D eigenvalue weighted by molar-refractivity contribution is 0.0204. The van der Waals surface area contributed by atoms with Crippen LogP contribution in [0.25, 0.3) is 0 Å². The van der Waals surface area contributed by atoms with Crippen molar-refractivity contribution >= 4 is 0 Å². The summed E-state index contributed by atoms with van der Waals surface area (Å²) in [6.07, 6.45) is 2.23. The van der Waals surface area contributed by atoms with E-state index in [1.165, 1.54) is 12.1 Å². The summed E-state index contributed by atoms with van der Waals surface area (Å²) < 4.78 is 27.1. The molecule has 19 heavy (non-hydrogen) atoms. The largest absolute Gasteiger partial charge is 0.387 e. The number of benzene rings is 1. The highest BCUT2D eigenvalue weighted by Crippen LogP contribution is 2.60. The highest BCUT2D eigenvalue weighted by atomic mass is 19.2. The predicted molar refractivity (Wildman–Crippen MR) is 64.8 cm³/mol. The fourth-order valence-electron chi connectivity index (χ4n) is 3.91. The number of hydrogen-bond acceptors (Lipinski definition) is 2. The Morgan fingerprint density at radius 1 is 1.37 bits per heavy atom. The molecule has 2 aliphatic rings. The third-order valence-electron chi connectivity index (χ3n) is 4.87. The van der Waals surface area contributed by atoms with E-state index in [2.05, 4.69) is 6.07 Å². The van der Waals surface area contributed by atoms with E-state index in [-0.39, 0.29) is 11.5 Å². The quantitative estimate of drug-likeness (QED) is 0.889. The molecule has 2 saturated carbocycles. The maximum atomic E-state index is 13.8. The van der Waals surface area contributed by atoms with Gasteiger partial charge in [0.05, 0.1) is 11.5 Å². The number of fused-ring (bicyclic) bond motifs is 2. The summed E-state index contributed by atoms with van der Waals surface area (Å²) in [5, 5.41) is 20.0. The zero-order chi connectivity index (χ0) is 13.6. The Kier molecular flexibility index (Phi) is 2.83. The van der Waals surface area contributed by atoms with E-state index in [0.717, 1.165) is 25.3 Å². The summed E-state index contributed by atoms with van der Waals surface area (Å²) in [5.74, 6) is -1.48. The van der Waals surface area contributed by atoms with Crippen LogP contribution in [0, 0.1) is 40.2 Å². The first-order valence-corrected chi connectivity index (χ1v) is 6.61. The van der Waals surface area contributed by atoms with Crippen LogP contribution >= 0.6 is 0 Å². The number of nitrogens with zero attached hydrogens (tertiary/aromatic N) is 1. The Morgan fingerprint density at radius 2 is 2.16 bits per heavy atom. The van der Waals surface area contributed by atoms with Crippen molar-refractivity contribution in [2.75, 3.05) is 0 Å². The predicted octanol–water partition coefficient (Wildman–Crippen LogP) is 3.33. The standard InChI is InChI=1S/C15H15F2NO/c16-12-3-1-2-11(13(12)17)14(19)15(8-18)7-9-4-5-10(15)6-9/h1-3,9-10,14,19H,4-7H2. The van der Waals surface area contributed by atoms with Gasteiger partial charge >= 0.3 is 0 Å². The molecule has 4 heteroatoms. The van der Waals surface area contributed by atoms with Crippen molar-refractivity contribution in [1.29, 1.82) is 5.26 Å². The van der Waals surface area contributed by atoms with E-state index in [1.807, 2.05) is 0 Å². The summed E-state index contributed by atoms with van der Waals surface area (Å²) >= 11 is 0. The van der Waals surface area contributed by atoms with Gasteiger partial charge in [-0.25, -0.2) is 8.78 Å². The van der Waals surface area contributed by atoms with E-state index in [0.29, 0.717) is 12.3 Å². The zero-order valence-electron chi connectivity index (χ0n) is 10.4.